The first kappa shape index (κ1) is 19.0. The van der Waals surface area contributed by atoms with E-state index in [0.717, 1.165) is 27.5 Å². The average Bonchev–Trinajstić information content (AvgIpc) is 2.32. The molecule has 0 amide bonds. The van der Waals surface area contributed by atoms with Crippen LogP contribution in [0.15, 0.2) is 0 Å². The molecule has 1 N–H and O–H groups in total. The van der Waals surface area contributed by atoms with E-state index in [4.69, 9.17) is 0 Å². The van der Waals surface area contributed by atoms with Gasteiger partial charge < -0.3 is 14.4 Å². The van der Waals surface area contributed by atoms with Gasteiger partial charge in [-0.15, -0.1) is 0 Å². The fourth-order valence-corrected chi connectivity index (χ4v) is 4.23. The summed E-state index contributed by atoms with van der Waals surface area (Å²) in [4.78, 5) is 32.6. The molecule has 0 aromatic rings. The molecule has 11 heteroatoms. The van der Waals surface area contributed by atoms with Crippen molar-refractivity contribution >= 4 is 29.3 Å². The van der Waals surface area contributed by atoms with Gasteiger partial charge in [-0.1, -0.05) is 0 Å². The number of sulfonamides is 1. The van der Waals surface area contributed by atoms with Gasteiger partial charge in [0.05, 0.1) is 33.2 Å². The van der Waals surface area contributed by atoms with Crippen molar-refractivity contribution < 1.29 is 36.9 Å². The van der Waals surface area contributed by atoms with E-state index in [1.54, 1.807) is 0 Å². The summed E-state index contributed by atoms with van der Waals surface area (Å²) in [6.45, 7) is 0. The number of esters is 2. The van der Waals surface area contributed by atoms with Crippen molar-refractivity contribution in [2.75, 3.05) is 33.8 Å². The Morgan fingerprint density at radius 3 is 2.15 bits per heavy atom. The van der Waals surface area contributed by atoms with Gasteiger partial charge in [-0.3, -0.25) is 14.2 Å². The van der Waals surface area contributed by atoms with Crippen molar-refractivity contribution in [3.63, 3.8) is 0 Å². The largest absolute Gasteiger partial charge is 0.469 e. The SMILES string of the molecule is COC(=O)C[C@@H](C(=O)OC)P(=O)(O)CN(C)S(C)(=O)=O. The second kappa shape index (κ2) is 7.16. The second-order valence-corrected chi connectivity index (χ2v) is 8.58. The van der Waals surface area contributed by atoms with Gasteiger partial charge in [0.2, 0.25) is 17.4 Å². The molecule has 0 aromatic heterocycles. The maximum absolute atomic E-state index is 12.2. The molecule has 0 fully saturated rings. The van der Waals surface area contributed by atoms with Crippen molar-refractivity contribution in [2.45, 2.75) is 12.1 Å². The summed E-state index contributed by atoms with van der Waals surface area (Å²) < 4.78 is 44.0. The summed E-state index contributed by atoms with van der Waals surface area (Å²) in [5.74, 6) is -1.96. The molecule has 0 rings (SSSR count). The molecular weight excluding hydrogens is 313 g/mol. The van der Waals surface area contributed by atoms with Gasteiger partial charge in [0.25, 0.3) is 0 Å². The normalized spacial score (nSPS) is 16.3. The summed E-state index contributed by atoms with van der Waals surface area (Å²) in [7, 11) is -4.89. The maximum Gasteiger partial charge on any atom is 0.319 e. The fourth-order valence-electron chi connectivity index (χ4n) is 1.26. The van der Waals surface area contributed by atoms with E-state index in [-0.39, 0.29) is 0 Å². The zero-order valence-corrected chi connectivity index (χ0v) is 13.3. The van der Waals surface area contributed by atoms with Crippen LogP contribution in [0.25, 0.3) is 0 Å². The molecule has 0 radical (unpaired) electrons. The number of hydrogen-bond acceptors (Lipinski definition) is 7. The lowest BCUT2D eigenvalue weighted by Gasteiger charge is -2.23. The van der Waals surface area contributed by atoms with Crippen molar-refractivity contribution in [3.05, 3.63) is 0 Å². The second-order valence-electron chi connectivity index (χ2n) is 4.08. The lowest BCUT2D eigenvalue weighted by Crippen LogP contribution is -2.33. The minimum atomic E-state index is -4.32. The van der Waals surface area contributed by atoms with Gasteiger partial charge in [0.15, 0.2) is 0 Å². The Morgan fingerprint density at radius 2 is 1.80 bits per heavy atom. The molecule has 0 aliphatic carbocycles. The van der Waals surface area contributed by atoms with Crippen molar-refractivity contribution in [3.8, 4) is 0 Å². The van der Waals surface area contributed by atoms with Crippen LogP contribution in [0.5, 0.6) is 0 Å². The minimum absolute atomic E-state index is 0.626. The Kier molecular flexibility index (Phi) is 6.82. The Morgan fingerprint density at radius 1 is 1.30 bits per heavy atom. The van der Waals surface area contributed by atoms with E-state index < -0.39 is 47.7 Å². The van der Waals surface area contributed by atoms with E-state index in [9.17, 15) is 27.5 Å². The zero-order valence-electron chi connectivity index (χ0n) is 11.6. The monoisotopic (exact) mass is 331 g/mol. The molecule has 2 atom stereocenters. The molecule has 0 heterocycles. The fraction of sp³-hybridized carbons (Fsp3) is 0.778. The van der Waals surface area contributed by atoms with Crippen molar-refractivity contribution in [2.24, 2.45) is 0 Å². The van der Waals surface area contributed by atoms with E-state index >= 15 is 0 Å². The minimum Gasteiger partial charge on any atom is -0.469 e. The third kappa shape index (κ3) is 5.58. The Labute approximate surface area is 117 Å². The molecule has 20 heavy (non-hydrogen) atoms. The van der Waals surface area contributed by atoms with Crippen molar-refractivity contribution in [1.82, 2.24) is 4.31 Å². The van der Waals surface area contributed by atoms with Crippen LogP contribution in [0, 0.1) is 0 Å². The molecule has 0 saturated heterocycles. The topological polar surface area (TPSA) is 127 Å². The first-order chi connectivity index (χ1) is 8.95. The average molecular weight is 331 g/mol. The van der Waals surface area contributed by atoms with E-state index in [2.05, 4.69) is 9.47 Å². The Bertz CT molecular complexity index is 516. The van der Waals surface area contributed by atoms with Crippen LogP contribution in [0.4, 0.5) is 0 Å². The lowest BCUT2D eigenvalue weighted by atomic mass is 10.3. The van der Waals surface area contributed by atoms with Crippen LogP contribution >= 0.6 is 7.37 Å². The summed E-state index contributed by atoms with van der Waals surface area (Å²) >= 11 is 0. The molecule has 0 aliphatic rings. The molecule has 0 aromatic carbocycles. The number of rotatable bonds is 7. The van der Waals surface area contributed by atoms with Gasteiger partial charge in [-0.25, -0.2) is 8.42 Å². The third-order valence-corrected chi connectivity index (χ3v) is 6.17. The standard InChI is InChI=1S/C9H18NO8PS/c1-10(20(4,15)16)6-19(13,14)7(9(12)18-3)5-8(11)17-2/h7H,5-6H2,1-4H3,(H,13,14)/t7-/m0/s1. The van der Waals surface area contributed by atoms with Crippen LogP contribution < -0.4 is 0 Å². The van der Waals surface area contributed by atoms with Crippen LogP contribution in [0.2, 0.25) is 0 Å². The van der Waals surface area contributed by atoms with E-state index in [1.807, 2.05) is 0 Å². The highest BCUT2D eigenvalue weighted by molar-refractivity contribution is 7.88. The number of carbonyl (C=O) groups excluding carboxylic acids is 2. The van der Waals surface area contributed by atoms with Gasteiger partial charge in [0.1, 0.15) is 5.66 Å². The summed E-state index contributed by atoms with van der Waals surface area (Å²) in [6, 6.07) is 0. The first-order valence-electron chi connectivity index (χ1n) is 5.33. The first-order valence-corrected chi connectivity index (χ1v) is 9.09. The summed E-state index contributed by atoms with van der Waals surface area (Å²) in [5.41, 5.74) is -1.68. The van der Waals surface area contributed by atoms with Gasteiger partial charge in [0, 0.05) is 7.05 Å². The number of ether oxygens (including phenoxy) is 2. The van der Waals surface area contributed by atoms with Crippen LogP contribution in [0.3, 0.4) is 0 Å². The third-order valence-electron chi connectivity index (χ3n) is 2.52. The predicted molar refractivity (Wildman–Crippen MR) is 69.7 cm³/mol. The lowest BCUT2D eigenvalue weighted by molar-refractivity contribution is -0.147. The highest BCUT2D eigenvalue weighted by Crippen LogP contribution is 2.49. The predicted octanol–water partition coefficient (Wildman–Crippen LogP) is -0.790. The van der Waals surface area contributed by atoms with Crippen LogP contribution in [-0.4, -0.2) is 69.0 Å². The Balaban J connectivity index is 5.28. The van der Waals surface area contributed by atoms with Gasteiger partial charge in [-0.05, 0) is 0 Å². The molecule has 0 aliphatic heterocycles. The highest BCUT2D eigenvalue weighted by atomic mass is 32.2. The maximum atomic E-state index is 12.2. The number of carbonyl (C=O) groups is 2. The number of nitrogens with zero attached hydrogens (tertiary/aromatic N) is 1. The molecule has 0 saturated carbocycles. The highest BCUT2D eigenvalue weighted by Gasteiger charge is 2.41. The quantitative estimate of drug-likeness (QED) is 0.475. The molecule has 9 nitrogen and oxygen atoms in total. The van der Waals surface area contributed by atoms with Crippen LogP contribution in [-0.2, 0) is 33.7 Å². The zero-order chi connectivity index (χ0) is 16.1. The summed E-state index contributed by atoms with van der Waals surface area (Å²) in [5, 5.41) is 0. The van der Waals surface area contributed by atoms with Crippen molar-refractivity contribution in [1.29, 1.82) is 0 Å². The van der Waals surface area contributed by atoms with Crippen LogP contribution in [0.1, 0.15) is 6.42 Å². The molecular formula is C9H18NO8PS. The van der Waals surface area contributed by atoms with Gasteiger partial charge >= 0.3 is 11.9 Å². The molecule has 0 spiro atoms. The molecule has 0 bridgehead atoms. The van der Waals surface area contributed by atoms with E-state index in [0.29, 0.717) is 4.31 Å². The smallest absolute Gasteiger partial charge is 0.319 e. The Hall–Kier alpha value is -0.960. The molecule has 118 valence electrons. The number of hydrogen-bond donors (Lipinski definition) is 1. The van der Waals surface area contributed by atoms with E-state index in [1.165, 1.54) is 0 Å². The molecule has 1 unspecified atom stereocenters. The number of methoxy groups -OCH3 is 2. The van der Waals surface area contributed by atoms with Gasteiger partial charge in [-0.2, -0.15) is 4.31 Å². The summed E-state index contributed by atoms with van der Waals surface area (Å²) in [6.07, 6.45) is -0.627.